The lowest BCUT2D eigenvalue weighted by Gasteiger charge is -1.93. The fourth-order valence-corrected chi connectivity index (χ4v) is 1.74. The highest BCUT2D eigenvalue weighted by Gasteiger charge is 1.83. The van der Waals surface area contributed by atoms with Gasteiger partial charge in [-0.15, -0.1) is 19.4 Å². The van der Waals surface area contributed by atoms with Crippen molar-refractivity contribution < 1.29 is 0 Å². The summed E-state index contributed by atoms with van der Waals surface area (Å²) in [5, 5.41) is 0. The Labute approximate surface area is 78.1 Å². The first-order valence-electron chi connectivity index (χ1n) is 4.86. The first-order chi connectivity index (χ1) is 5.77. The van der Waals surface area contributed by atoms with Crippen LogP contribution in [-0.2, 0) is 0 Å². The van der Waals surface area contributed by atoms with Crippen molar-refractivity contribution in [2.24, 2.45) is 0 Å². The molecule has 0 aromatic rings. The number of unbranched alkanes of at least 4 members (excludes halogenated alkanes) is 3. The van der Waals surface area contributed by atoms with Crippen LogP contribution in [0.3, 0.4) is 0 Å². The van der Waals surface area contributed by atoms with Gasteiger partial charge in [0.25, 0.3) is 0 Å². The molecule has 0 saturated carbocycles. The molecule has 0 bridgehead atoms. The molecular weight excluding hydrogens is 163 g/mol. The highest BCUT2D eigenvalue weighted by atomic mass is 31.1. The van der Waals surface area contributed by atoms with Gasteiger partial charge in [0.15, 0.2) is 0 Å². The van der Waals surface area contributed by atoms with E-state index in [2.05, 4.69) is 37.9 Å². The third-order valence-electron chi connectivity index (χ3n) is 1.61. The van der Waals surface area contributed by atoms with Crippen molar-refractivity contribution in [3.63, 3.8) is 0 Å². The molecule has 0 nitrogen and oxygen atoms in total. The van der Waals surface area contributed by atoms with Crippen LogP contribution in [0, 0.1) is 11.8 Å². The van der Waals surface area contributed by atoms with Gasteiger partial charge in [-0.05, 0) is 32.6 Å². The van der Waals surface area contributed by atoms with E-state index in [-0.39, 0.29) is 7.55 Å². The lowest BCUT2D eigenvalue weighted by atomic mass is 10.2. The van der Waals surface area contributed by atoms with Crippen LogP contribution in [0.2, 0.25) is 0 Å². The SMILES string of the molecule is CCC#CCCCCC=[PH](C)C. The van der Waals surface area contributed by atoms with Gasteiger partial charge in [0, 0.05) is 12.8 Å². The van der Waals surface area contributed by atoms with E-state index in [1.807, 2.05) is 0 Å². The molecule has 70 valence electrons. The van der Waals surface area contributed by atoms with Gasteiger partial charge in [-0.1, -0.05) is 12.7 Å². The van der Waals surface area contributed by atoms with E-state index in [4.69, 9.17) is 0 Å². The molecule has 0 aromatic heterocycles. The highest BCUT2D eigenvalue weighted by molar-refractivity contribution is 7.55. The zero-order valence-corrected chi connectivity index (χ0v) is 9.61. The minimum absolute atomic E-state index is 0.0928. The predicted octanol–water partition coefficient (Wildman–Crippen LogP) is 3.24. The summed E-state index contributed by atoms with van der Waals surface area (Å²) in [7, 11) is -0.0928. The van der Waals surface area contributed by atoms with Crippen LogP contribution in [-0.4, -0.2) is 19.1 Å². The Morgan fingerprint density at radius 3 is 2.50 bits per heavy atom. The van der Waals surface area contributed by atoms with Crippen molar-refractivity contribution in [2.75, 3.05) is 13.3 Å². The molecule has 0 saturated heterocycles. The molecule has 0 N–H and O–H groups in total. The van der Waals surface area contributed by atoms with Gasteiger partial charge in [0.2, 0.25) is 0 Å². The Bertz CT molecular complexity index is 177. The maximum atomic E-state index is 3.17. The van der Waals surface area contributed by atoms with Gasteiger partial charge < -0.3 is 0 Å². The predicted molar refractivity (Wildman–Crippen MR) is 62.8 cm³/mol. The normalized spacial score (nSPS) is 9.33. The average molecular weight is 184 g/mol. The number of rotatable bonds is 4. The van der Waals surface area contributed by atoms with Crippen molar-refractivity contribution in [1.29, 1.82) is 0 Å². The third-order valence-corrected chi connectivity index (χ3v) is 2.72. The van der Waals surface area contributed by atoms with Crippen LogP contribution in [0.1, 0.15) is 39.0 Å². The fraction of sp³-hybridized carbons (Fsp3) is 0.727. The lowest BCUT2D eigenvalue weighted by molar-refractivity contribution is 0.796. The van der Waals surface area contributed by atoms with E-state index in [9.17, 15) is 0 Å². The third kappa shape index (κ3) is 9.86. The van der Waals surface area contributed by atoms with Crippen LogP contribution < -0.4 is 0 Å². The summed E-state index contributed by atoms with van der Waals surface area (Å²) in [5.41, 5.74) is 0. The molecule has 0 amide bonds. The number of hydrogen-bond acceptors (Lipinski definition) is 0. The molecule has 0 aliphatic carbocycles. The zero-order valence-electron chi connectivity index (χ0n) is 8.61. The maximum Gasteiger partial charge on any atom is 0.00887 e. The first-order valence-corrected chi connectivity index (χ1v) is 7.44. The summed E-state index contributed by atoms with van der Waals surface area (Å²) in [5.74, 6) is 8.75. The summed E-state index contributed by atoms with van der Waals surface area (Å²) in [6, 6.07) is 0. The second-order valence-electron chi connectivity index (χ2n) is 3.23. The van der Waals surface area contributed by atoms with Crippen molar-refractivity contribution in [3.05, 3.63) is 0 Å². The standard InChI is InChI=1S/C11H21P/c1-4-5-6-7-8-9-10-11-12(2)3/h11-12H,4,7-10H2,1-3H3. The lowest BCUT2D eigenvalue weighted by Crippen LogP contribution is -1.76. The van der Waals surface area contributed by atoms with Crippen LogP contribution in [0.5, 0.6) is 0 Å². The van der Waals surface area contributed by atoms with Crippen molar-refractivity contribution in [2.45, 2.75) is 39.0 Å². The van der Waals surface area contributed by atoms with E-state index < -0.39 is 0 Å². The second kappa shape index (κ2) is 8.95. The summed E-state index contributed by atoms with van der Waals surface area (Å²) < 4.78 is 0. The molecule has 12 heavy (non-hydrogen) atoms. The molecule has 0 radical (unpaired) electrons. The average Bonchev–Trinajstić information content (AvgIpc) is 2.02. The van der Waals surface area contributed by atoms with E-state index in [1.165, 1.54) is 19.3 Å². The van der Waals surface area contributed by atoms with E-state index in [0.717, 1.165) is 12.8 Å². The monoisotopic (exact) mass is 184 g/mol. The van der Waals surface area contributed by atoms with Crippen LogP contribution in [0.4, 0.5) is 0 Å². The molecule has 0 atom stereocenters. The fourth-order valence-electron chi connectivity index (χ4n) is 0.962. The van der Waals surface area contributed by atoms with Gasteiger partial charge in [0.1, 0.15) is 0 Å². The van der Waals surface area contributed by atoms with E-state index >= 15 is 0 Å². The summed E-state index contributed by atoms with van der Waals surface area (Å²) in [4.78, 5) is 0. The second-order valence-corrected chi connectivity index (χ2v) is 5.80. The van der Waals surface area contributed by atoms with Gasteiger partial charge >= 0.3 is 0 Å². The van der Waals surface area contributed by atoms with Gasteiger partial charge in [-0.25, -0.2) is 0 Å². The Hall–Kier alpha value is -0.140. The first kappa shape index (κ1) is 11.9. The molecular formula is C11H21P. The smallest absolute Gasteiger partial charge is 0.00887 e. The minimum atomic E-state index is -0.0928. The molecule has 0 rings (SSSR count). The Kier molecular flexibility index (Phi) is 8.85. The van der Waals surface area contributed by atoms with Crippen LogP contribution >= 0.6 is 7.55 Å². The van der Waals surface area contributed by atoms with E-state index in [0.29, 0.717) is 0 Å². The summed E-state index contributed by atoms with van der Waals surface area (Å²) >= 11 is 0. The topological polar surface area (TPSA) is 0 Å². The van der Waals surface area contributed by atoms with Gasteiger partial charge in [0.05, 0.1) is 0 Å². The molecule has 0 unspecified atom stereocenters. The Morgan fingerprint density at radius 2 is 1.92 bits per heavy atom. The van der Waals surface area contributed by atoms with Crippen molar-refractivity contribution >= 4 is 13.3 Å². The van der Waals surface area contributed by atoms with Gasteiger partial charge in [-0.2, -0.15) is 0 Å². The van der Waals surface area contributed by atoms with Crippen molar-refractivity contribution in [1.82, 2.24) is 0 Å². The largest absolute Gasteiger partial charge is 0.127 e. The molecule has 0 aromatic carbocycles. The van der Waals surface area contributed by atoms with Crippen LogP contribution in [0.25, 0.3) is 0 Å². The summed E-state index contributed by atoms with van der Waals surface area (Å²) in [6.45, 7) is 6.77. The Morgan fingerprint density at radius 1 is 1.17 bits per heavy atom. The molecule has 0 spiro atoms. The zero-order chi connectivity index (χ0) is 9.23. The maximum absolute atomic E-state index is 3.17. The Balaban J connectivity index is 3.17. The molecule has 0 fully saturated rings. The summed E-state index contributed by atoms with van der Waals surface area (Å²) in [6.07, 6.45) is 6.00. The molecule has 0 aliphatic heterocycles. The molecule has 0 aliphatic rings. The van der Waals surface area contributed by atoms with Crippen LogP contribution in [0.15, 0.2) is 0 Å². The minimum Gasteiger partial charge on any atom is -0.127 e. The molecule has 1 heteroatoms. The quantitative estimate of drug-likeness (QED) is 0.357. The van der Waals surface area contributed by atoms with Gasteiger partial charge in [-0.3, -0.25) is 0 Å². The van der Waals surface area contributed by atoms with E-state index in [1.54, 1.807) is 0 Å². The molecule has 0 heterocycles. The highest BCUT2D eigenvalue weighted by Crippen LogP contribution is 2.09. The number of hydrogen-bond donors (Lipinski definition) is 0. The van der Waals surface area contributed by atoms with Crippen molar-refractivity contribution in [3.8, 4) is 11.8 Å².